The maximum atomic E-state index is 11.3. The average molecular weight is 199 g/mol. The Morgan fingerprint density at radius 2 is 2.21 bits per heavy atom. The summed E-state index contributed by atoms with van der Waals surface area (Å²) in [6, 6.07) is -0.573. The van der Waals surface area contributed by atoms with Crippen LogP contribution in [0.15, 0.2) is 0 Å². The van der Waals surface area contributed by atoms with E-state index in [2.05, 4.69) is 21.0 Å². The van der Waals surface area contributed by atoms with E-state index in [1.165, 1.54) is 0 Å². The van der Waals surface area contributed by atoms with E-state index in [9.17, 15) is 9.59 Å². The first-order valence-electron chi connectivity index (χ1n) is 4.74. The highest BCUT2D eigenvalue weighted by molar-refractivity contribution is 5.87. The van der Waals surface area contributed by atoms with Crippen molar-refractivity contribution in [2.45, 2.75) is 31.3 Å². The molecule has 2 rings (SSSR count). The van der Waals surface area contributed by atoms with Crippen LogP contribution >= 0.6 is 0 Å². The second-order valence-corrected chi connectivity index (χ2v) is 3.58. The largest absolute Gasteiger partial charge is 0.335 e. The van der Waals surface area contributed by atoms with Crippen molar-refractivity contribution >= 4 is 11.9 Å². The minimum Gasteiger partial charge on any atom is -0.335 e. The Morgan fingerprint density at radius 3 is 2.71 bits per heavy atom. The molecule has 6 nitrogen and oxygen atoms in total. The molecule has 14 heavy (non-hydrogen) atoms. The Kier molecular flexibility index (Phi) is 2.53. The fourth-order valence-corrected chi connectivity index (χ4v) is 1.39. The molecule has 1 saturated heterocycles. The zero-order valence-corrected chi connectivity index (χ0v) is 7.71. The molecule has 1 aliphatic heterocycles. The first-order valence-corrected chi connectivity index (χ1v) is 4.74. The molecule has 2 aliphatic rings. The summed E-state index contributed by atoms with van der Waals surface area (Å²) in [5.41, 5.74) is 2.17. The van der Waals surface area contributed by atoms with Crippen LogP contribution in [0.2, 0.25) is 0 Å². The molecule has 0 aromatic heterocycles. The highest BCUT2D eigenvalue weighted by atomic mass is 16.7. The van der Waals surface area contributed by atoms with Crippen molar-refractivity contribution in [3.8, 4) is 0 Å². The topological polar surface area (TPSA) is 79.5 Å². The van der Waals surface area contributed by atoms with Gasteiger partial charge in [-0.3, -0.25) is 9.63 Å². The molecule has 1 atom stereocenters. The van der Waals surface area contributed by atoms with E-state index in [1.807, 2.05) is 0 Å². The number of carbonyl (C=O) groups excluding carboxylic acids is 2. The van der Waals surface area contributed by atoms with Gasteiger partial charge in [0.1, 0.15) is 12.6 Å². The molecular formula is C8H13N3O3. The summed E-state index contributed by atoms with van der Waals surface area (Å²) in [7, 11) is 0. The Morgan fingerprint density at radius 1 is 1.43 bits per heavy atom. The van der Waals surface area contributed by atoms with Crippen LogP contribution in [0.5, 0.6) is 0 Å². The molecule has 0 bridgehead atoms. The van der Waals surface area contributed by atoms with Crippen LogP contribution in [-0.2, 0) is 9.63 Å². The van der Waals surface area contributed by atoms with Gasteiger partial charge < -0.3 is 10.6 Å². The average Bonchev–Trinajstić information content (AvgIpc) is 2.45. The Bertz CT molecular complexity index is 252. The molecule has 0 aromatic carbocycles. The summed E-state index contributed by atoms with van der Waals surface area (Å²) in [5.74, 6) is -0.297. The Hall–Kier alpha value is -1.30. The third-order valence-corrected chi connectivity index (χ3v) is 2.48. The van der Waals surface area contributed by atoms with Gasteiger partial charge in [0.25, 0.3) is 5.91 Å². The van der Waals surface area contributed by atoms with Crippen LogP contribution in [0.4, 0.5) is 4.79 Å². The van der Waals surface area contributed by atoms with E-state index in [4.69, 9.17) is 0 Å². The minimum absolute atomic E-state index is 0.191. The predicted molar refractivity (Wildman–Crippen MR) is 47.2 cm³/mol. The number of hydrogen-bond donors (Lipinski definition) is 3. The molecule has 2 fully saturated rings. The molecule has 0 spiro atoms. The molecule has 3 N–H and O–H groups in total. The van der Waals surface area contributed by atoms with Gasteiger partial charge in [-0.25, -0.2) is 10.3 Å². The van der Waals surface area contributed by atoms with Gasteiger partial charge in [-0.05, 0) is 19.3 Å². The highest BCUT2D eigenvalue weighted by Gasteiger charge is 2.28. The van der Waals surface area contributed by atoms with E-state index < -0.39 is 6.04 Å². The summed E-state index contributed by atoms with van der Waals surface area (Å²) >= 11 is 0. The van der Waals surface area contributed by atoms with Gasteiger partial charge in [-0.1, -0.05) is 0 Å². The van der Waals surface area contributed by atoms with Crippen molar-refractivity contribution < 1.29 is 14.4 Å². The summed E-state index contributed by atoms with van der Waals surface area (Å²) in [5, 5.41) is 5.32. The van der Waals surface area contributed by atoms with Crippen LogP contribution in [0.25, 0.3) is 0 Å². The van der Waals surface area contributed by atoms with Crippen LogP contribution < -0.4 is 16.1 Å². The summed E-state index contributed by atoms with van der Waals surface area (Å²) in [4.78, 5) is 27.0. The van der Waals surface area contributed by atoms with Crippen molar-refractivity contribution in [1.82, 2.24) is 16.1 Å². The van der Waals surface area contributed by atoms with E-state index in [0.29, 0.717) is 0 Å². The number of rotatable bonds is 2. The molecule has 0 aromatic rings. The fraction of sp³-hybridized carbons (Fsp3) is 0.750. The molecule has 78 valence electrons. The molecule has 1 heterocycles. The zero-order valence-electron chi connectivity index (χ0n) is 7.71. The smallest absolute Gasteiger partial charge is 0.315 e. The SMILES string of the molecule is O=C(NC1CCC1)NC1CONC1=O. The minimum atomic E-state index is -0.560. The van der Waals surface area contributed by atoms with Crippen molar-refractivity contribution in [3.63, 3.8) is 0 Å². The van der Waals surface area contributed by atoms with E-state index >= 15 is 0 Å². The lowest BCUT2D eigenvalue weighted by Gasteiger charge is -2.26. The second-order valence-electron chi connectivity index (χ2n) is 3.58. The van der Waals surface area contributed by atoms with Crippen LogP contribution in [0.3, 0.4) is 0 Å². The molecule has 1 aliphatic carbocycles. The molecule has 3 amide bonds. The highest BCUT2D eigenvalue weighted by Crippen LogP contribution is 2.17. The van der Waals surface area contributed by atoms with E-state index in [0.717, 1.165) is 19.3 Å². The van der Waals surface area contributed by atoms with Crippen molar-refractivity contribution in [2.24, 2.45) is 0 Å². The van der Waals surface area contributed by atoms with Crippen LogP contribution in [0.1, 0.15) is 19.3 Å². The molecule has 6 heteroatoms. The predicted octanol–water partition coefficient (Wildman–Crippen LogP) is -0.732. The van der Waals surface area contributed by atoms with Crippen LogP contribution in [0, 0.1) is 0 Å². The van der Waals surface area contributed by atoms with Crippen molar-refractivity contribution in [3.05, 3.63) is 0 Å². The number of carbonyl (C=O) groups is 2. The second kappa shape index (κ2) is 3.83. The Balaban J connectivity index is 1.73. The van der Waals surface area contributed by atoms with Gasteiger partial charge in [0, 0.05) is 6.04 Å². The third kappa shape index (κ3) is 1.95. The number of hydroxylamine groups is 1. The standard InChI is InChI=1S/C8H13N3O3/c12-7-6(4-14-11-7)10-8(13)9-5-2-1-3-5/h5-6H,1-4H2,(H,11,12)(H2,9,10,13). The summed E-state index contributed by atoms with van der Waals surface area (Å²) < 4.78 is 0. The van der Waals surface area contributed by atoms with Gasteiger partial charge in [-0.15, -0.1) is 0 Å². The first kappa shape index (κ1) is 9.26. The lowest BCUT2D eigenvalue weighted by molar-refractivity contribution is -0.124. The monoisotopic (exact) mass is 199 g/mol. The number of nitrogens with one attached hydrogen (secondary N) is 3. The molecule has 1 saturated carbocycles. The van der Waals surface area contributed by atoms with E-state index in [-0.39, 0.29) is 24.6 Å². The van der Waals surface area contributed by atoms with Crippen LogP contribution in [-0.4, -0.2) is 30.6 Å². The van der Waals surface area contributed by atoms with Gasteiger partial charge in [0.15, 0.2) is 0 Å². The number of urea groups is 1. The van der Waals surface area contributed by atoms with Gasteiger partial charge in [-0.2, -0.15) is 0 Å². The quantitative estimate of drug-likeness (QED) is 0.548. The van der Waals surface area contributed by atoms with Gasteiger partial charge in [0.05, 0.1) is 0 Å². The third-order valence-electron chi connectivity index (χ3n) is 2.48. The molecule has 0 radical (unpaired) electrons. The molecular weight excluding hydrogens is 186 g/mol. The molecule has 1 unspecified atom stereocenters. The number of amides is 3. The van der Waals surface area contributed by atoms with Gasteiger partial charge in [0.2, 0.25) is 0 Å². The number of hydrogen-bond acceptors (Lipinski definition) is 3. The Labute approximate surface area is 81.3 Å². The van der Waals surface area contributed by atoms with Crippen molar-refractivity contribution in [1.29, 1.82) is 0 Å². The lowest BCUT2D eigenvalue weighted by atomic mass is 9.93. The maximum Gasteiger partial charge on any atom is 0.315 e. The van der Waals surface area contributed by atoms with E-state index in [1.54, 1.807) is 0 Å². The van der Waals surface area contributed by atoms with Gasteiger partial charge >= 0.3 is 6.03 Å². The fourth-order valence-electron chi connectivity index (χ4n) is 1.39. The lowest BCUT2D eigenvalue weighted by Crippen LogP contribution is -2.50. The zero-order chi connectivity index (χ0) is 9.97. The summed E-state index contributed by atoms with van der Waals surface area (Å²) in [6.07, 6.45) is 3.22. The normalized spacial score (nSPS) is 26.6. The summed E-state index contributed by atoms with van der Waals surface area (Å²) in [6.45, 7) is 0.191. The first-order chi connectivity index (χ1) is 6.75. The van der Waals surface area contributed by atoms with Crippen molar-refractivity contribution in [2.75, 3.05) is 6.61 Å². The maximum absolute atomic E-state index is 11.3.